The fourth-order valence-electron chi connectivity index (χ4n) is 2.95. The molecule has 0 N–H and O–H groups in total. The highest BCUT2D eigenvalue weighted by molar-refractivity contribution is 7.90. The van der Waals surface area contributed by atoms with Crippen LogP contribution in [0.15, 0.2) is 41.3 Å². The Hall–Kier alpha value is -2.21. The van der Waals surface area contributed by atoms with E-state index < -0.39 is 9.84 Å². The van der Waals surface area contributed by atoms with Gasteiger partial charge >= 0.3 is 0 Å². The highest BCUT2D eigenvalue weighted by atomic mass is 32.2. The maximum Gasteiger partial charge on any atom is 0.276 e. The Labute approximate surface area is 142 Å². The monoisotopic (exact) mass is 344 g/mol. The summed E-state index contributed by atoms with van der Waals surface area (Å²) in [6, 6.07) is 10.4. The van der Waals surface area contributed by atoms with Crippen LogP contribution in [-0.4, -0.2) is 32.1 Å². The Morgan fingerprint density at radius 1 is 1.25 bits per heavy atom. The molecule has 126 valence electrons. The molecule has 0 bridgehead atoms. The minimum atomic E-state index is -3.25. The maximum atomic E-state index is 12.9. The molecule has 0 radical (unpaired) electrons. The largest absolute Gasteiger partial charge is 0.307 e. The number of hydrogen-bond acceptors (Lipinski definition) is 4. The normalized spacial score (nSPS) is 14.3. The van der Waals surface area contributed by atoms with Crippen LogP contribution in [0.25, 0.3) is 0 Å². The lowest BCUT2D eigenvalue weighted by Crippen LogP contribution is -2.36. The number of amides is 1. The van der Waals surface area contributed by atoms with Gasteiger partial charge in [-0.05, 0) is 55.2 Å². The van der Waals surface area contributed by atoms with E-state index in [-0.39, 0.29) is 5.91 Å². The number of carbonyl (C=O) groups is 1. The molecule has 1 aliphatic rings. The number of carbonyl (C=O) groups excluding carboxylic acids is 1. The maximum absolute atomic E-state index is 12.9. The molecule has 24 heavy (non-hydrogen) atoms. The highest BCUT2D eigenvalue weighted by Gasteiger charge is 2.25. The lowest BCUT2D eigenvalue weighted by Gasteiger charge is -2.29. The summed E-state index contributed by atoms with van der Waals surface area (Å²) in [5.41, 5.74) is 2.98. The van der Waals surface area contributed by atoms with Crippen molar-refractivity contribution in [3.05, 3.63) is 53.3 Å². The molecule has 1 aromatic heterocycles. The molecule has 0 atom stereocenters. The minimum absolute atomic E-state index is 0.140. The van der Waals surface area contributed by atoms with Crippen LogP contribution >= 0.6 is 0 Å². The van der Waals surface area contributed by atoms with E-state index in [0.717, 1.165) is 36.2 Å². The summed E-state index contributed by atoms with van der Waals surface area (Å²) in [4.78, 5) is 19.3. The van der Waals surface area contributed by atoms with Crippen molar-refractivity contribution >= 4 is 21.4 Å². The zero-order chi connectivity index (χ0) is 17.3. The summed E-state index contributed by atoms with van der Waals surface area (Å²) >= 11 is 0. The molecular weight excluding hydrogens is 324 g/mol. The van der Waals surface area contributed by atoms with Crippen molar-refractivity contribution in [3.8, 4) is 0 Å². The predicted octanol–water partition coefficient (Wildman–Crippen LogP) is 2.64. The lowest BCUT2D eigenvalue weighted by molar-refractivity contribution is 0.0980. The van der Waals surface area contributed by atoms with E-state index in [0.29, 0.717) is 17.1 Å². The first-order chi connectivity index (χ1) is 11.4. The summed E-state index contributed by atoms with van der Waals surface area (Å²) in [7, 11) is -3.25. The van der Waals surface area contributed by atoms with Crippen LogP contribution in [0.1, 0.15) is 35.1 Å². The van der Waals surface area contributed by atoms with Crippen LogP contribution in [0, 0.1) is 0 Å². The van der Waals surface area contributed by atoms with Crippen molar-refractivity contribution in [1.29, 1.82) is 0 Å². The molecule has 2 aromatic rings. The second-order valence-electron chi connectivity index (χ2n) is 5.99. The number of aromatic nitrogens is 1. The van der Waals surface area contributed by atoms with Gasteiger partial charge in [0.2, 0.25) is 0 Å². The Balaban J connectivity index is 1.98. The summed E-state index contributed by atoms with van der Waals surface area (Å²) in [6.07, 6.45) is 3.54. The van der Waals surface area contributed by atoms with Crippen molar-refractivity contribution < 1.29 is 13.2 Å². The molecule has 2 heterocycles. The third kappa shape index (κ3) is 3.19. The van der Waals surface area contributed by atoms with Crippen LogP contribution in [0.5, 0.6) is 0 Å². The average Bonchev–Trinajstić information content (AvgIpc) is 2.59. The van der Waals surface area contributed by atoms with E-state index in [1.54, 1.807) is 29.2 Å². The van der Waals surface area contributed by atoms with E-state index >= 15 is 0 Å². The number of nitrogens with zero attached hydrogens (tertiary/aromatic N) is 2. The Morgan fingerprint density at radius 2 is 2.04 bits per heavy atom. The standard InChI is InChI=1S/C18H20N2O3S/c1-3-14-7-4-8-16(19-14)18(21)20-11-5-6-13-12-15(24(2,22)23)9-10-17(13)20/h4,7-10,12H,3,5-6,11H2,1-2H3. The zero-order valence-electron chi connectivity index (χ0n) is 13.8. The molecular formula is C18H20N2O3S. The first-order valence-electron chi connectivity index (χ1n) is 8.01. The second kappa shape index (κ2) is 6.36. The molecule has 0 aliphatic carbocycles. The molecule has 5 nitrogen and oxygen atoms in total. The van der Waals surface area contributed by atoms with Gasteiger partial charge in [0.05, 0.1) is 4.90 Å². The molecule has 0 saturated carbocycles. The first-order valence-corrected chi connectivity index (χ1v) is 9.90. The van der Waals surface area contributed by atoms with Crippen molar-refractivity contribution in [3.63, 3.8) is 0 Å². The van der Waals surface area contributed by atoms with Crippen molar-refractivity contribution in [2.24, 2.45) is 0 Å². The smallest absolute Gasteiger partial charge is 0.276 e. The van der Waals surface area contributed by atoms with Crippen LogP contribution in [-0.2, 0) is 22.7 Å². The summed E-state index contributed by atoms with van der Waals surface area (Å²) in [5.74, 6) is -0.140. The van der Waals surface area contributed by atoms with Crippen LogP contribution in [0.3, 0.4) is 0 Å². The lowest BCUT2D eigenvalue weighted by atomic mass is 10.0. The number of aryl methyl sites for hydroxylation is 2. The summed E-state index contributed by atoms with van der Waals surface area (Å²) < 4.78 is 23.5. The number of anilines is 1. The molecule has 1 amide bonds. The quantitative estimate of drug-likeness (QED) is 0.858. The van der Waals surface area contributed by atoms with Gasteiger partial charge in [-0.15, -0.1) is 0 Å². The number of hydrogen-bond donors (Lipinski definition) is 0. The highest BCUT2D eigenvalue weighted by Crippen LogP contribution is 2.30. The molecule has 0 fully saturated rings. The van der Waals surface area contributed by atoms with Crippen LogP contribution in [0.4, 0.5) is 5.69 Å². The van der Waals surface area contributed by atoms with Gasteiger partial charge in [-0.3, -0.25) is 4.79 Å². The number of benzene rings is 1. The number of fused-ring (bicyclic) bond motifs is 1. The van der Waals surface area contributed by atoms with Gasteiger partial charge in [0.1, 0.15) is 5.69 Å². The third-order valence-corrected chi connectivity index (χ3v) is 5.34. The van der Waals surface area contributed by atoms with Gasteiger partial charge in [0.15, 0.2) is 9.84 Å². The van der Waals surface area contributed by atoms with E-state index in [1.165, 1.54) is 6.26 Å². The molecule has 0 unspecified atom stereocenters. The van der Waals surface area contributed by atoms with Gasteiger partial charge in [0, 0.05) is 24.2 Å². The molecule has 1 aliphatic heterocycles. The first kappa shape index (κ1) is 16.6. The predicted molar refractivity (Wildman–Crippen MR) is 93.2 cm³/mol. The topological polar surface area (TPSA) is 67.3 Å². The molecule has 3 rings (SSSR count). The molecule has 0 spiro atoms. The van der Waals surface area contributed by atoms with Crippen LogP contribution < -0.4 is 4.90 Å². The van der Waals surface area contributed by atoms with E-state index in [9.17, 15) is 13.2 Å². The summed E-state index contributed by atoms with van der Waals surface area (Å²) in [5, 5.41) is 0. The second-order valence-corrected chi connectivity index (χ2v) is 8.01. The SMILES string of the molecule is CCc1cccc(C(=O)N2CCCc3cc(S(C)(=O)=O)ccc32)n1. The van der Waals surface area contributed by atoms with Crippen LogP contribution in [0.2, 0.25) is 0 Å². The van der Waals surface area contributed by atoms with Gasteiger partial charge < -0.3 is 4.90 Å². The number of sulfone groups is 1. The fourth-order valence-corrected chi connectivity index (χ4v) is 3.62. The van der Waals surface area contributed by atoms with Crippen molar-refractivity contribution in [2.45, 2.75) is 31.1 Å². The Morgan fingerprint density at radius 3 is 2.75 bits per heavy atom. The molecule has 6 heteroatoms. The zero-order valence-corrected chi connectivity index (χ0v) is 14.6. The number of rotatable bonds is 3. The van der Waals surface area contributed by atoms with Gasteiger partial charge in [-0.2, -0.15) is 0 Å². The third-order valence-electron chi connectivity index (χ3n) is 4.23. The van der Waals surface area contributed by atoms with E-state index in [1.807, 2.05) is 19.1 Å². The fraction of sp³-hybridized carbons (Fsp3) is 0.333. The van der Waals surface area contributed by atoms with E-state index in [4.69, 9.17) is 0 Å². The van der Waals surface area contributed by atoms with Gasteiger partial charge in [-0.1, -0.05) is 13.0 Å². The van der Waals surface area contributed by atoms with Gasteiger partial charge in [-0.25, -0.2) is 13.4 Å². The molecule has 0 saturated heterocycles. The summed E-state index contributed by atoms with van der Waals surface area (Å²) in [6.45, 7) is 2.61. The van der Waals surface area contributed by atoms with Gasteiger partial charge in [0.25, 0.3) is 5.91 Å². The average molecular weight is 344 g/mol. The number of pyridine rings is 1. The Bertz CT molecular complexity index is 891. The van der Waals surface area contributed by atoms with E-state index in [2.05, 4.69) is 4.98 Å². The van der Waals surface area contributed by atoms with Crippen molar-refractivity contribution in [2.75, 3.05) is 17.7 Å². The Kier molecular flexibility index (Phi) is 4.41. The molecule has 1 aromatic carbocycles. The minimum Gasteiger partial charge on any atom is -0.307 e. The van der Waals surface area contributed by atoms with Crippen molar-refractivity contribution in [1.82, 2.24) is 4.98 Å².